The first-order valence-electron chi connectivity index (χ1n) is 24.6. The Kier molecular flexibility index (Phi) is 30.0. The van der Waals surface area contributed by atoms with E-state index in [9.17, 15) is 92.7 Å². The molecule has 0 radical (unpaired) electrons. The summed E-state index contributed by atoms with van der Waals surface area (Å²) in [6, 6.07) is -16.7. The minimum absolute atomic E-state index is 0.0738. The van der Waals surface area contributed by atoms with Crippen molar-refractivity contribution in [3.05, 3.63) is 0 Å². The minimum Gasteiger partial charge on any atom is -0.480 e. The summed E-state index contributed by atoms with van der Waals surface area (Å²) in [5, 5.41) is 69.2. The SMILES string of the molecule is CC(C)[C@H](N)C(=O)N[C@@H](CO)C(=O)NCC(=O)N[C@@H](CCC(N)=O)C(=O)N[C@@H](CC(N)=O)C(=O)N1CCC[C@H]1C(=O)N[C@H](C(=O)N[C@@H](CO)C(=O)N[C@@H](CO)C(=O)N[C@@H](CC(N)=O)C(=O)N[C@@H](CCCCN)C(=O)O)[C@@H](C)O. The summed E-state index contributed by atoms with van der Waals surface area (Å²) < 4.78 is 0. The Bertz CT molecular complexity index is 2170. The second-order valence-electron chi connectivity index (χ2n) is 18.4. The van der Waals surface area contributed by atoms with Gasteiger partial charge in [0.25, 0.3) is 0 Å². The molecule has 13 amide bonds. The second kappa shape index (κ2) is 34.2. The van der Waals surface area contributed by atoms with Gasteiger partial charge in [0, 0.05) is 13.0 Å². The zero-order chi connectivity index (χ0) is 59.6. The number of nitrogens with zero attached hydrogens (tertiary/aromatic N) is 1. The number of rotatable bonds is 36. The fourth-order valence-corrected chi connectivity index (χ4v) is 7.31. The molecule has 78 heavy (non-hydrogen) atoms. The number of hydrogen-bond donors (Lipinski definition) is 19. The third-order valence-electron chi connectivity index (χ3n) is 11.7. The van der Waals surface area contributed by atoms with E-state index in [4.69, 9.17) is 28.7 Å². The van der Waals surface area contributed by atoms with Crippen LogP contribution in [0.5, 0.6) is 0 Å². The van der Waals surface area contributed by atoms with Crippen LogP contribution >= 0.6 is 0 Å². The summed E-state index contributed by atoms with van der Waals surface area (Å²) in [6.45, 7) is 0.230. The number of carboxylic acids is 1. The predicted molar refractivity (Wildman–Crippen MR) is 266 cm³/mol. The first-order valence-corrected chi connectivity index (χ1v) is 24.6. The lowest BCUT2D eigenvalue weighted by atomic mass is 10.0. The van der Waals surface area contributed by atoms with Crippen molar-refractivity contribution >= 4 is 82.8 Å². The molecular weight excluding hydrogens is 1040 g/mol. The number of hydrogen-bond acceptors (Lipinski definition) is 20. The Hall–Kier alpha value is -7.66. The van der Waals surface area contributed by atoms with Crippen LogP contribution in [0.4, 0.5) is 0 Å². The van der Waals surface area contributed by atoms with Gasteiger partial charge in [0.1, 0.15) is 54.4 Å². The van der Waals surface area contributed by atoms with E-state index >= 15 is 0 Å². The van der Waals surface area contributed by atoms with Crippen molar-refractivity contribution in [1.82, 2.24) is 52.8 Å². The highest BCUT2D eigenvalue weighted by molar-refractivity contribution is 6.00. The number of unbranched alkanes of at least 4 members (excludes halogenated alkanes) is 1. The molecule has 0 bridgehead atoms. The zero-order valence-electron chi connectivity index (χ0n) is 43.3. The van der Waals surface area contributed by atoms with E-state index in [0.717, 1.165) is 11.8 Å². The van der Waals surface area contributed by atoms with E-state index in [2.05, 4.69) is 42.5 Å². The number of aliphatic hydroxyl groups excluding tert-OH is 4. The van der Waals surface area contributed by atoms with Crippen LogP contribution in [-0.4, -0.2) is 219 Å². The van der Waals surface area contributed by atoms with Crippen LogP contribution in [0.15, 0.2) is 0 Å². The van der Waals surface area contributed by atoms with E-state index in [0.29, 0.717) is 6.42 Å². The monoisotopic (exact) mass is 1120 g/mol. The van der Waals surface area contributed by atoms with Crippen molar-refractivity contribution in [3.63, 3.8) is 0 Å². The number of aliphatic carboxylic acids is 1. The molecule has 0 aromatic heterocycles. The quantitative estimate of drug-likeness (QED) is 0.0259. The first kappa shape index (κ1) is 68.4. The molecule has 1 rings (SSSR count). The number of primary amides is 3. The molecule has 1 fully saturated rings. The van der Waals surface area contributed by atoms with E-state index in [-0.39, 0.29) is 44.7 Å². The van der Waals surface area contributed by atoms with Gasteiger partial charge in [-0.2, -0.15) is 0 Å². The summed E-state index contributed by atoms with van der Waals surface area (Å²) in [7, 11) is 0. The number of carbonyl (C=O) groups is 14. The molecule has 0 aliphatic carbocycles. The maximum atomic E-state index is 14.0. The average Bonchev–Trinajstić information content (AvgIpc) is 3.87. The number of carboxylic acid groups (broad SMARTS) is 1. The van der Waals surface area contributed by atoms with E-state index < -0.39 is 201 Å². The summed E-state index contributed by atoms with van der Waals surface area (Å²) in [5.74, 6) is -16.3. The van der Waals surface area contributed by atoms with Crippen molar-refractivity contribution in [2.75, 3.05) is 39.5 Å². The highest BCUT2D eigenvalue weighted by Crippen LogP contribution is 2.20. The lowest BCUT2D eigenvalue weighted by Crippen LogP contribution is -2.62. The van der Waals surface area contributed by atoms with E-state index in [1.54, 1.807) is 13.8 Å². The summed E-state index contributed by atoms with van der Waals surface area (Å²) in [4.78, 5) is 181. The molecule has 0 aromatic rings. The van der Waals surface area contributed by atoms with Crippen LogP contribution in [0, 0.1) is 5.92 Å². The Morgan fingerprint density at radius 1 is 0.564 bits per heavy atom. The number of nitrogens with two attached hydrogens (primary N) is 5. The number of amides is 13. The topological polar surface area (TPSA) is 582 Å². The van der Waals surface area contributed by atoms with E-state index in [1.807, 2.05) is 5.32 Å². The molecule has 440 valence electrons. The van der Waals surface area contributed by atoms with Crippen LogP contribution in [0.25, 0.3) is 0 Å². The van der Waals surface area contributed by atoms with Gasteiger partial charge in [0.2, 0.25) is 76.8 Å². The maximum Gasteiger partial charge on any atom is 0.326 e. The van der Waals surface area contributed by atoms with Gasteiger partial charge in [-0.1, -0.05) is 13.8 Å². The standard InChI is InChI=1S/C44H75N15O19/c1-19(2)33(49)41(74)56-25(16-60)35(68)50-15-32(67)51-21(9-10-29(46)64)36(69)54-24(14-31(48)66)43(76)59-12-6-8-28(59)40(73)58-34(20(3)63)42(75)57-27(18-62)39(72)55-26(17-61)38(71)53-23(13-30(47)65)37(70)52-22(44(77)78)7-4-5-11-45/h19-28,33-34,60-63H,4-18,45,49H2,1-3H3,(H2,46,64)(H2,47,65)(H2,48,66)(H,50,68)(H,51,67)(H,52,70)(H,53,71)(H,54,69)(H,55,72)(H,56,74)(H,57,75)(H,58,73)(H,77,78)/t20-,21+,22+,23+,24+,25+,26+,27+,28+,33+,34+/m1/s1. The van der Waals surface area contributed by atoms with Crippen molar-refractivity contribution in [2.45, 2.75) is 145 Å². The molecule has 34 nitrogen and oxygen atoms in total. The highest BCUT2D eigenvalue weighted by Gasteiger charge is 2.41. The van der Waals surface area contributed by atoms with Gasteiger partial charge < -0.3 is 107 Å². The highest BCUT2D eigenvalue weighted by atomic mass is 16.4. The van der Waals surface area contributed by atoms with Gasteiger partial charge in [-0.3, -0.25) is 62.3 Å². The molecule has 1 aliphatic rings. The molecule has 1 saturated heterocycles. The van der Waals surface area contributed by atoms with Crippen LogP contribution in [0.1, 0.15) is 78.6 Å². The predicted octanol–water partition coefficient (Wildman–Crippen LogP) is -11.5. The van der Waals surface area contributed by atoms with Crippen molar-refractivity contribution in [1.29, 1.82) is 0 Å². The first-order chi connectivity index (χ1) is 36.5. The van der Waals surface area contributed by atoms with Gasteiger partial charge in [-0.05, 0) is 57.9 Å². The smallest absolute Gasteiger partial charge is 0.326 e. The number of aliphatic hydroxyl groups is 4. The van der Waals surface area contributed by atoms with Crippen LogP contribution < -0.4 is 76.5 Å². The molecule has 0 unspecified atom stereocenters. The second-order valence-corrected chi connectivity index (χ2v) is 18.4. The third kappa shape index (κ3) is 23.3. The summed E-state index contributed by atoms with van der Waals surface area (Å²) in [6.07, 6.45) is -3.85. The molecule has 0 saturated carbocycles. The summed E-state index contributed by atoms with van der Waals surface area (Å²) >= 11 is 0. The van der Waals surface area contributed by atoms with Gasteiger partial charge >= 0.3 is 5.97 Å². The normalized spacial score (nSPS) is 16.8. The number of carbonyl (C=O) groups excluding carboxylic acids is 13. The zero-order valence-corrected chi connectivity index (χ0v) is 43.3. The van der Waals surface area contributed by atoms with Gasteiger partial charge in [0.15, 0.2) is 0 Å². The average molecular weight is 1120 g/mol. The van der Waals surface area contributed by atoms with Crippen LogP contribution in [-0.2, 0) is 67.1 Å². The number of likely N-dealkylation sites (tertiary alicyclic amines) is 1. The fraction of sp³-hybridized carbons (Fsp3) is 0.682. The number of nitrogens with one attached hydrogen (secondary N) is 9. The molecule has 34 heteroatoms. The molecule has 24 N–H and O–H groups in total. The molecule has 0 spiro atoms. The van der Waals surface area contributed by atoms with Gasteiger partial charge in [-0.25, -0.2) is 4.79 Å². The van der Waals surface area contributed by atoms with Crippen molar-refractivity contribution in [2.24, 2.45) is 34.6 Å². The van der Waals surface area contributed by atoms with Crippen LogP contribution in [0.3, 0.4) is 0 Å². The molecule has 1 aliphatic heterocycles. The van der Waals surface area contributed by atoms with Crippen LogP contribution in [0.2, 0.25) is 0 Å². The van der Waals surface area contributed by atoms with Gasteiger partial charge in [-0.15, -0.1) is 0 Å². The largest absolute Gasteiger partial charge is 0.480 e. The summed E-state index contributed by atoms with van der Waals surface area (Å²) in [5.41, 5.74) is 27.1. The third-order valence-corrected chi connectivity index (χ3v) is 11.7. The Balaban J connectivity index is 3.21. The molecule has 0 aromatic carbocycles. The molecule has 1 heterocycles. The lowest BCUT2D eigenvalue weighted by Gasteiger charge is -2.31. The molecular formula is C44H75N15O19. The minimum atomic E-state index is -1.97. The van der Waals surface area contributed by atoms with Crippen molar-refractivity contribution in [3.8, 4) is 0 Å². The fourth-order valence-electron chi connectivity index (χ4n) is 7.31. The Morgan fingerprint density at radius 2 is 1.04 bits per heavy atom. The molecule has 11 atom stereocenters. The van der Waals surface area contributed by atoms with E-state index in [1.165, 1.54) is 0 Å². The van der Waals surface area contributed by atoms with Gasteiger partial charge in [0.05, 0.1) is 51.4 Å². The Labute approximate surface area is 446 Å². The van der Waals surface area contributed by atoms with Crippen molar-refractivity contribution < 1.29 is 92.7 Å². The maximum absolute atomic E-state index is 14.0. The Morgan fingerprint density at radius 3 is 1.54 bits per heavy atom. The lowest BCUT2D eigenvalue weighted by molar-refractivity contribution is -0.144.